The van der Waals surface area contributed by atoms with E-state index in [2.05, 4.69) is 19.9 Å². The van der Waals surface area contributed by atoms with E-state index in [1.807, 2.05) is 12.1 Å². The van der Waals surface area contributed by atoms with E-state index in [-0.39, 0.29) is 6.61 Å². The Morgan fingerprint density at radius 1 is 1.44 bits per heavy atom. The van der Waals surface area contributed by atoms with Gasteiger partial charge in [-0.25, -0.2) is 0 Å². The first-order valence-corrected chi connectivity index (χ1v) is 6.15. The molecule has 16 heavy (non-hydrogen) atoms. The molecule has 1 aromatic rings. The highest BCUT2D eigenvalue weighted by molar-refractivity contribution is 5.39. The molecule has 0 radical (unpaired) electrons. The van der Waals surface area contributed by atoms with Crippen molar-refractivity contribution >= 4 is 0 Å². The fourth-order valence-corrected chi connectivity index (χ4v) is 1.77. The zero-order valence-corrected chi connectivity index (χ0v) is 10.1. The summed E-state index contributed by atoms with van der Waals surface area (Å²) >= 11 is 0. The summed E-state index contributed by atoms with van der Waals surface area (Å²) < 4.78 is 5.90. The Kier molecular flexibility index (Phi) is 3.49. The van der Waals surface area contributed by atoms with Crippen molar-refractivity contribution in [1.82, 2.24) is 0 Å². The third-order valence-electron chi connectivity index (χ3n) is 3.22. The second-order valence-corrected chi connectivity index (χ2v) is 4.66. The molecule has 0 aliphatic heterocycles. The minimum absolute atomic E-state index is 0.104. The molecular weight excluding hydrogens is 200 g/mol. The molecule has 1 N–H and O–H groups in total. The molecule has 1 atom stereocenters. The van der Waals surface area contributed by atoms with Gasteiger partial charge in [-0.1, -0.05) is 19.9 Å². The minimum atomic E-state index is 0.104. The quantitative estimate of drug-likeness (QED) is 0.825. The number of hydrogen-bond donors (Lipinski definition) is 1. The molecule has 2 heteroatoms. The zero-order valence-electron chi connectivity index (χ0n) is 10.1. The maximum atomic E-state index is 9.16. The highest BCUT2D eigenvalue weighted by Crippen LogP contribution is 2.34. The topological polar surface area (TPSA) is 29.5 Å². The van der Waals surface area contributed by atoms with Gasteiger partial charge in [-0.05, 0) is 48.4 Å². The SMILES string of the molecule is CCC(C)c1cc(CO)ccc1OC1CC1. The largest absolute Gasteiger partial charge is 0.490 e. The fraction of sp³-hybridized carbons (Fsp3) is 0.571. The van der Waals surface area contributed by atoms with Crippen molar-refractivity contribution in [2.24, 2.45) is 0 Å². The number of aliphatic hydroxyl groups is 1. The van der Waals surface area contributed by atoms with Gasteiger partial charge in [0.2, 0.25) is 0 Å². The van der Waals surface area contributed by atoms with Crippen LogP contribution in [0.25, 0.3) is 0 Å². The normalized spacial score (nSPS) is 17.2. The Hall–Kier alpha value is -1.02. The van der Waals surface area contributed by atoms with Gasteiger partial charge in [-0.15, -0.1) is 0 Å². The van der Waals surface area contributed by atoms with Gasteiger partial charge in [0.25, 0.3) is 0 Å². The zero-order chi connectivity index (χ0) is 11.5. The molecule has 1 aromatic carbocycles. The molecule has 0 amide bonds. The molecule has 1 fully saturated rings. The smallest absolute Gasteiger partial charge is 0.123 e. The number of benzene rings is 1. The molecule has 88 valence electrons. The van der Waals surface area contributed by atoms with E-state index in [1.165, 1.54) is 18.4 Å². The summed E-state index contributed by atoms with van der Waals surface area (Å²) in [5.41, 5.74) is 2.21. The van der Waals surface area contributed by atoms with E-state index in [4.69, 9.17) is 9.84 Å². The van der Waals surface area contributed by atoms with Gasteiger partial charge in [0.05, 0.1) is 12.7 Å². The Morgan fingerprint density at radius 2 is 2.19 bits per heavy atom. The Morgan fingerprint density at radius 3 is 2.75 bits per heavy atom. The van der Waals surface area contributed by atoms with Gasteiger partial charge in [-0.3, -0.25) is 0 Å². The van der Waals surface area contributed by atoms with Gasteiger partial charge in [0.1, 0.15) is 5.75 Å². The average Bonchev–Trinajstić information content (AvgIpc) is 3.12. The van der Waals surface area contributed by atoms with Crippen molar-refractivity contribution in [3.63, 3.8) is 0 Å². The summed E-state index contributed by atoms with van der Waals surface area (Å²) in [6.45, 7) is 4.49. The van der Waals surface area contributed by atoms with Crippen LogP contribution >= 0.6 is 0 Å². The van der Waals surface area contributed by atoms with Crippen LogP contribution in [0, 0.1) is 0 Å². The van der Waals surface area contributed by atoms with Gasteiger partial charge < -0.3 is 9.84 Å². The van der Waals surface area contributed by atoms with Crippen LogP contribution in [-0.2, 0) is 6.61 Å². The van der Waals surface area contributed by atoms with Gasteiger partial charge in [0, 0.05) is 0 Å². The average molecular weight is 220 g/mol. The van der Waals surface area contributed by atoms with E-state index in [9.17, 15) is 0 Å². The van der Waals surface area contributed by atoms with E-state index in [1.54, 1.807) is 0 Å². The second-order valence-electron chi connectivity index (χ2n) is 4.66. The fourth-order valence-electron chi connectivity index (χ4n) is 1.77. The third-order valence-corrected chi connectivity index (χ3v) is 3.22. The van der Waals surface area contributed by atoms with Crippen molar-refractivity contribution in [2.75, 3.05) is 0 Å². The number of aliphatic hydroxyl groups excluding tert-OH is 1. The van der Waals surface area contributed by atoms with Crippen molar-refractivity contribution in [1.29, 1.82) is 0 Å². The number of rotatable bonds is 5. The summed E-state index contributed by atoms with van der Waals surface area (Å²) in [7, 11) is 0. The molecule has 2 nitrogen and oxygen atoms in total. The molecule has 0 saturated heterocycles. The molecule has 1 unspecified atom stereocenters. The Labute approximate surface area is 97.3 Å². The summed E-state index contributed by atoms with van der Waals surface area (Å²) in [5.74, 6) is 1.49. The van der Waals surface area contributed by atoms with Crippen LogP contribution in [0.2, 0.25) is 0 Å². The van der Waals surface area contributed by atoms with Crippen LogP contribution in [0.1, 0.15) is 50.2 Å². The lowest BCUT2D eigenvalue weighted by atomic mass is 9.96. The summed E-state index contributed by atoms with van der Waals surface area (Å²) in [4.78, 5) is 0. The van der Waals surface area contributed by atoms with Crippen LogP contribution in [0.3, 0.4) is 0 Å². The second kappa shape index (κ2) is 4.88. The van der Waals surface area contributed by atoms with Crippen LogP contribution < -0.4 is 4.74 Å². The Balaban J connectivity index is 2.25. The standard InChI is InChI=1S/C14H20O2/c1-3-10(2)13-8-11(9-15)4-7-14(13)16-12-5-6-12/h4,7-8,10,12,15H,3,5-6,9H2,1-2H3. The van der Waals surface area contributed by atoms with Crippen molar-refractivity contribution < 1.29 is 9.84 Å². The van der Waals surface area contributed by atoms with Crippen LogP contribution in [-0.4, -0.2) is 11.2 Å². The first-order valence-electron chi connectivity index (χ1n) is 6.15. The van der Waals surface area contributed by atoms with Crippen molar-refractivity contribution in [2.45, 2.75) is 51.7 Å². The summed E-state index contributed by atoms with van der Waals surface area (Å²) in [6.07, 6.45) is 3.89. The predicted octanol–water partition coefficient (Wildman–Crippen LogP) is 3.23. The molecule has 2 rings (SSSR count). The molecular formula is C14H20O2. The van der Waals surface area contributed by atoms with Crippen LogP contribution in [0.4, 0.5) is 0 Å². The first kappa shape index (κ1) is 11.5. The minimum Gasteiger partial charge on any atom is -0.490 e. The molecule has 1 aliphatic carbocycles. The molecule has 0 heterocycles. The van der Waals surface area contributed by atoms with E-state index in [0.29, 0.717) is 12.0 Å². The van der Waals surface area contributed by atoms with Gasteiger partial charge in [0.15, 0.2) is 0 Å². The lowest BCUT2D eigenvalue weighted by Crippen LogP contribution is -2.03. The maximum Gasteiger partial charge on any atom is 0.123 e. The molecule has 0 aromatic heterocycles. The Bertz CT molecular complexity index is 356. The lowest BCUT2D eigenvalue weighted by Gasteiger charge is -2.16. The van der Waals surface area contributed by atoms with E-state index >= 15 is 0 Å². The number of hydrogen-bond acceptors (Lipinski definition) is 2. The summed E-state index contributed by atoms with van der Waals surface area (Å²) in [6, 6.07) is 6.03. The molecule has 0 spiro atoms. The molecule has 0 bridgehead atoms. The highest BCUT2D eigenvalue weighted by Gasteiger charge is 2.25. The maximum absolute atomic E-state index is 9.16. The van der Waals surface area contributed by atoms with Crippen molar-refractivity contribution in [3.8, 4) is 5.75 Å². The van der Waals surface area contributed by atoms with E-state index < -0.39 is 0 Å². The highest BCUT2D eigenvalue weighted by atomic mass is 16.5. The molecule has 1 aliphatic rings. The number of ether oxygens (including phenoxy) is 1. The van der Waals surface area contributed by atoms with Crippen molar-refractivity contribution in [3.05, 3.63) is 29.3 Å². The monoisotopic (exact) mass is 220 g/mol. The van der Waals surface area contributed by atoms with Gasteiger partial charge >= 0.3 is 0 Å². The predicted molar refractivity (Wildman–Crippen MR) is 64.7 cm³/mol. The lowest BCUT2D eigenvalue weighted by molar-refractivity contribution is 0.279. The van der Waals surface area contributed by atoms with Gasteiger partial charge in [-0.2, -0.15) is 0 Å². The van der Waals surface area contributed by atoms with E-state index in [0.717, 1.165) is 17.7 Å². The van der Waals surface area contributed by atoms with Crippen LogP contribution in [0.15, 0.2) is 18.2 Å². The summed E-state index contributed by atoms with van der Waals surface area (Å²) in [5, 5.41) is 9.16. The third kappa shape index (κ3) is 2.56. The molecule has 1 saturated carbocycles. The van der Waals surface area contributed by atoms with Crippen LogP contribution in [0.5, 0.6) is 5.75 Å². The first-order chi connectivity index (χ1) is 7.74.